The van der Waals surface area contributed by atoms with Crippen LogP contribution in [0.1, 0.15) is 30.0 Å². The number of thiazole rings is 1. The second-order valence-corrected chi connectivity index (χ2v) is 4.70. The van der Waals surface area contributed by atoms with E-state index in [1.54, 1.807) is 23.6 Å². The number of aromatic nitrogens is 1. The van der Waals surface area contributed by atoms with Crippen molar-refractivity contribution in [3.63, 3.8) is 0 Å². The molecule has 3 nitrogen and oxygen atoms in total. The normalized spacial score (nSPS) is 11.8. The molecular weight excluding hydrogens is 249 g/mol. The van der Waals surface area contributed by atoms with Gasteiger partial charge in [-0.2, -0.15) is 5.26 Å². The monoisotopic (exact) mass is 261 g/mol. The minimum atomic E-state index is -0.403. The molecule has 0 saturated heterocycles. The number of anilines is 1. The van der Waals surface area contributed by atoms with Gasteiger partial charge in [0.2, 0.25) is 0 Å². The standard InChI is InChI=1S/C13H12FN3S/c1-2-11(13-16-5-6-18-13)17-12-4-3-10(14)7-9(12)8-15/h3-7,11,17H,2H2,1H3. The molecule has 2 aromatic rings. The predicted molar refractivity (Wildman–Crippen MR) is 69.9 cm³/mol. The predicted octanol–water partition coefficient (Wildman–Crippen LogP) is 3.72. The maximum Gasteiger partial charge on any atom is 0.124 e. The minimum Gasteiger partial charge on any atom is -0.375 e. The van der Waals surface area contributed by atoms with Crippen LogP contribution in [0.5, 0.6) is 0 Å². The van der Waals surface area contributed by atoms with Gasteiger partial charge in [-0.05, 0) is 24.6 Å². The van der Waals surface area contributed by atoms with Crippen LogP contribution in [0.4, 0.5) is 10.1 Å². The van der Waals surface area contributed by atoms with Crippen molar-refractivity contribution >= 4 is 17.0 Å². The average molecular weight is 261 g/mol. The van der Waals surface area contributed by atoms with Gasteiger partial charge in [0.1, 0.15) is 16.9 Å². The number of nitrogens with one attached hydrogen (secondary N) is 1. The summed E-state index contributed by atoms with van der Waals surface area (Å²) < 4.78 is 13.0. The molecule has 0 radical (unpaired) electrons. The number of nitrogens with zero attached hydrogens (tertiary/aromatic N) is 2. The van der Waals surface area contributed by atoms with E-state index < -0.39 is 5.82 Å². The summed E-state index contributed by atoms with van der Waals surface area (Å²) >= 11 is 1.56. The Hall–Kier alpha value is -1.93. The van der Waals surface area contributed by atoms with E-state index in [4.69, 9.17) is 5.26 Å². The van der Waals surface area contributed by atoms with E-state index in [1.165, 1.54) is 12.1 Å². The summed E-state index contributed by atoms with van der Waals surface area (Å²) in [7, 11) is 0. The van der Waals surface area contributed by atoms with Gasteiger partial charge in [0, 0.05) is 11.6 Å². The molecule has 92 valence electrons. The third kappa shape index (κ3) is 2.66. The van der Waals surface area contributed by atoms with Gasteiger partial charge in [-0.1, -0.05) is 6.92 Å². The van der Waals surface area contributed by atoms with Crippen LogP contribution in [0.15, 0.2) is 29.8 Å². The van der Waals surface area contributed by atoms with Crippen molar-refractivity contribution in [2.45, 2.75) is 19.4 Å². The third-order valence-electron chi connectivity index (χ3n) is 2.59. The van der Waals surface area contributed by atoms with Gasteiger partial charge in [-0.25, -0.2) is 9.37 Å². The largest absolute Gasteiger partial charge is 0.375 e. The SMILES string of the molecule is CCC(Nc1ccc(F)cc1C#N)c1nccs1. The van der Waals surface area contributed by atoms with Crippen molar-refractivity contribution in [2.24, 2.45) is 0 Å². The first-order valence-corrected chi connectivity index (χ1v) is 6.48. The van der Waals surface area contributed by atoms with Crippen molar-refractivity contribution < 1.29 is 4.39 Å². The molecule has 5 heteroatoms. The highest BCUT2D eigenvalue weighted by molar-refractivity contribution is 7.09. The van der Waals surface area contributed by atoms with Gasteiger partial charge in [-0.15, -0.1) is 11.3 Å². The van der Waals surface area contributed by atoms with E-state index in [9.17, 15) is 4.39 Å². The molecule has 1 aromatic carbocycles. The van der Waals surface area contributed by atoms with Crippen molar-refractivity contribution in [2.75, 3.05) is 5.32 Å². The summed E-state index contributed by atoms with van der Waals surface area (Å²) in [4.78, 5) is 4.26. The molecule has 0 aliphatic heterocycles. The summed E-state index contributed by atoms with van der Waals surface area (Å²) in [5, 5.41) is 15.1. The maximum absolute atomic E-state index is 13.0. The van der Waals surface area contributed by atoms with Gasteiger partial charge < -0.3 is 5.32 Å². The number of benzene rings is 1. The molecule has 0 aliphatic rings. The molecule has 1 N–H and O–H groups in total. The van der Waals surface area contributed by atoms with E-state index in [-0.39, 0.29) is 6.04 Å². The zero-order valence-corrected chi connectivity index (χ0v) is 10.7. The highest BCUT2D eigenvalue weighted by Gasteiger charge is 2.13. The number of hydrogen-bond acceptors (Lipinski definition) is 4. The molecule has 0 amide bonds. The lowest BCUT2D eigenvalue weighted by Crippen LogP contribution is -2.10. The van der Waals surface area contributed by atoms with E-state index in [1.807, 2.05) is 18.4 Å². The summed E-state index contributed by atoms with van der Waals surface area (Å²) in [6, 6.07) is 6.20. The van der Waals surface area contributed by atoms with Gasteiger partial charge >= 0.3 is 0 Å². The molecule has 1 heterocycles. The second-order valence-electron chi connectivity index (χ2n) is 3.78. The topological polar surface area (TPSA) is 48.7 Å². The van der Waals surface area contributed by atoms with E-state index in [0.717, 1.165) is 11.4 Å². The molecule has 0 aliphatic carbocycles. The maximum atomic E-state index is 13.0. The molecule has 1 unspecified atom stereocenters. The van der Waals surface area contributed by atoms with Gasteiger partial charge in [-0.3, -0.25) is 0 Å². The van der Waals surface area contributed by atoms with E-state index in [0.29, 0.717) is 11.3 Å². The average Bonchev–Trinajstić information content (AvgIpc) is 2.91. The van der Waals surface area contributed by atoms with E-state index >= 15 is 0 Å². The lowest BCUT2D eigenvalue weighted by atomic mass is 10.1. The first kappa shape index (κ1) is 12.5. The number of rotatable bonds is 4. The lowest BCUT2D eigenvalue weighted by Gasteiger charge is -2.16. The minimum absolute atomic E-state index is 0.0440. The molecular formula is C13H12FN3S. The van der Waals surface area contributed by atoms with Gasteiger partial charge in [0.25, 0.3) is 0 Å². The molecule has 1 atom stereocenters. The molecule has 0 spiro atoms. The highest BCUT2D eigenvalue weighted by Crippen LogP contribution is 2.26. The van der Waals surface area contributed by atoms with E-state index in [2.05, 4.69) is 10.3 Å². The van der Waals surface area contributed by atoms with Crippen molar-refractivity contribution in [1.29, 1.82) is 5.26 Å². The first-order valence-electron chi connectivity index (χ1n) is 5.60. The highest BCUT2D eigenvalue weighted by atomic mass is 32.1. The summed E-state index contributed by atoms with van der Waals surface area (Å²) in [5.74, 6) is -0.403. The Morgan fingerprint density at radius 2 is 2.39 bits per heavy atom. The van der Waals surface area contributed by atoms with Crippen LogP contribution in [0.3, 0.4) is 0 Å². The molecule has 18 heavy (non-hydrogen) atoms. The Morgan fingerprint density at radius 3 is 3.00 bits per heavy atom. The zero-order chi connectivity index (χ0) is 13.0. The van der Waals surface area contributed by atoms with Crippen LogP contribution in [-0.4, -0.2) is 4.98 Å². The lowest BCUT2D eigenvalue weighted by molar-refractivity contribution is 0.627. The van der Waals surface area contributed by atoms with Crippen molar-refractivity contribution in [1.82, 2.24) is 4.98 Å². The van der Waals surface area contributed by atoms with Crippen molar-refractivity contribution in [3.8, 4) is 6.07 Å². The van der Waals surface area contributed by atoms with Crippen LogP contribution in [0, 0.1) is 17.1 Å². The van der Waals surface area contributed by atoms with Crippen LogP contribution in [0.2, 0.25) is 0 Å². The molecule has 1 aromatic heterocycles. The first-order chi connectivity index (χ1) is 8.74. The molecule has 0 fully saturated rings. The summed E-state index contributed by atoms with van der Waals surface area (Å²) in [6.45, 7) is 2.04. The quantitative estimate of drug-likeness (QED) is 0.912. The Morgan fingerprint density at radius 1 is 1.56 bits per heavy atom. The van der Waals surface area contributed by atoms with Crippen LogP contribution in [0.25, 0.3) is 0 Å². The Balaban J connectivity index is 2.25. The van der Waals surface area contributed by atoms with Gasteiger partial charge in [0.15, 0.2) is 0 Å². The summed E-state index contributed by atoms with van der Waals surface area (Å²) in [5.41, 5.74) is 0.950. The third-order valence-corrected chi connectivity index (χ3v) is 3.48. The Bertz CT molecular complexity index is 560. The fourth-order valence-corrected chi connectivity index (χ4v) is 2.44. The Kier molecular flexibility index (Phi) is 3.90. The number of halogens is 1. The van der Waals surface area contributed by atoms with Crippen LogP contribution in [-0.2, 0) is 0 Å². The van der Waals surface area contributed by atoms with Crippen molar-refractivity contribution in [3.05, 3.63) is 46.2 Å². The summed E-state index contributed by atoms with van der Waals surface area (Å²) in [6.07, 6.45) is 2.59. The fraction of sp³-hybridized carbons (Fsp3) is 0.231. The smallest absolute Gasteiger partial charge is 0.124 e. The Labute approximate surface area is 109 Å². The van der Waals surface area contributed by atoms with Gasteiger partial charge in [0.05, 0.1) is 17.3 Å². The molecule has 2 rings (SSSR count). The molecule has 0 saturated carbocycles. The number of nitriles is 1. The fourth-order valence-electron chi connectivity index (χ4n) is 1.67. The second kappa shape index (κ2) is 5.61. The molecule has 0 bridgehead atoms. The van der Waals surface area contributed by atoms with Crippen LogP contribution >= 0.6 is 11.3 Å². The van der Waals surface area contributed by atoms with Crippen LogP contribution < -0.4 is 5.32 Å². The number of hydrogen-bond donors (Lipinski definition) is 1. The zero-order valence-electron chi connectivity index (χ0n) is 9.85.